The van der Waals surface area contributed by atoms with Gasteiger partial charge in [-0.15, -0.1) is 0 Å². The molecule has 4 heteroatoms. The predicted molar refractivity (Wildman–Crippen MR) is 117 cm³/mol. The lowest BCUT2D eigenvalue weighted by atomic mass is 10.0. The van der Waals surface area contributed by atoms with Crippen molar-refractivity contribution in [1.82, 2.24) is 0 Å². The summed E-state index contributed by atoms with van der Waals surface area (Å²) >= 11 is 0. The van der Waals surface area contributed by atoms with Gasteiger partial charge < -0.3 is 19.7 Å². The van der Waals surface area contributed by atoms with Crippen molar-refractivity contribution in [3.8, 4) is 34.5 Å². The number of hydrogen-bond donors (Lipinski definition) is 2. The molecule has 0 unspecified atom stereocenters. The molecule has 4 aromatic rings. The van der Waals surface area contributed by atoms with E-state index in [1.165, 1.54) is 11.1 Å². The molecule has 0 saturated heterocycles. The van der Waals surface area contributed by atoms with Gasteiger partial charge in [-0.3, -0.25) is 0 Å². The van der Waals surface area contributed by atoms with Crippen molar-refractivity contribution in [3.63, 3.8) is 0 Å². The zero-order chi connectivity index (χ0) is 20.8. The van der Waals surface area contributed by atoms with E-state index in [9.17, 15) is 10.2 Å². The van der Waals surface area contributed by atoms with Crippen LogP contribution in [0.4, 0.5) is 0 Å². The number of rotatable bonds is 7. The Balaban J connectivity index is 1.29. The Morgan fingerprint density at radius 1 is 0.400 bits per heavy atom. The van der Waals surface area contributed by atoms with Crippen LogP contribution in [-0.2, 0) is 12.8 Å². The summed E-state index contributed by atoms with van der Waals surface area (Å²) < 4.78 is 11.6. The van der Waals surface area contributed by atoms with Gasteiger partial charge in [-0.1, -0.05) is 24.3 Å². The van der Waals surface area contributed by atoms with Gasteiger partial charge >= 0.3 is 0 Å². The van der Waals surface area contributed by atoms with Crippen molar-refractivity contribution in [3.05, 3.63) is 108 Å². The maximum atomic E-state index is 9.33. The molecule has 0 aliphatic carbocycles. The van der Waals surface area contributed by atoms with Crippen LogP contribution in [-0.4, -0.2) is 10.2 Å². The molecule has 0 aliphatic heterocycles. The lowest BCUT2D eigenvalue weighted by Crippen LogP contribution is -1.92. The van der Waals surface area contributed by atoms with E-state index >= 15 is 0 Å². The number of benzene rings is 4. The number of ether oxygens (including phenoxy) is 2. The third-order valence-electron chi connectivity index (χ3n) is 4.69. The summed E-state index contributed by atoms with van der Waals surface area (Å²) in [5.41, 5.74) is 2.47. The molecule has 0 atom stereocenters. The molecule has 4 rings (SSSR count). The summed E-state index contributed by atoms with van der Waals surface area (Å²) in [5.74, 6) is 3.35. The minimum Gasteiger partial charge on any atom is -0.508 e. The van der Waals surface area contributed by atoms with Gasteiger partial charge in [-0.2, -0.15) is 0 Å². The van der Waals surface area contributed by atoms with Gasteiger partial charge in [-0.05, 0) is 96.8 Å². The van der Waals surface area contributed by atoms with Crippen molar-refractivity contribution < 1.29 is 19.7 Å². The lowest BCUT2D eigenvalue weighted by molar-refractivity contribution is 0.464. The Hall–Kier alpha value is -3.92. The highest BCUT2D eigenvalue weighted by molar-refractivity contribution is 5.37. The molecule has 150 valence electrons. The van der Waals surface area contributed by atoms with E-state index in [1.807, 2.05) is 24.3 Å². The van der Waals surface area contributed by atoms with Crippen LogP contribution in [0.3, 0.4) is 0 Å². The summed E-state index contributed by atoms with van der Waals surface area (Å²) in [5, 5.41) is 18.7. The minimum atomic E-state index is 0.220. The van der Waals surface area contributed by atoms with Crippen LogP contribution in [0.5, 0.6) is 34.5 Å². The van der Waals surface area contributed by atoms with Crippen molar-refractivity contribution in [2.24, 2.45) is 0 Å². The van der Waals surface area contributed by atoms with Crippen LogP contribution < -0.4 is 9.47 Å². The molecule has 0 bridgehead atoms. The molecule has 0 aromatic heterocycles. The normalized spacial score (nSPS) is 10.5. The second kappa shape index (κ2) is 9.05. The summed E-state index contributed by atoms with van der Waals surface area (Å²) in [6.45, 7) is 0. The quantitative estimate of drug-likeness (QED) is 0.375. The van der Waals surface area contributed by atoms with Gasteiger partial charge in [-0.25, -0.2) is 0 Å². The topological polar surface area (TPSA) is 58.9 Å². The highest BCUT2D eigenvalue weighted by Gasteiger charge is 2.02. The second-order valence-electron chi connectivity index (χ2n) is 6.98. The first kappa shape index (κ1) is 19.4. The fraction of sp³-hybridized carbons (Fsp3) is 0.0769. The van der Waals surface area contributed by atoms with Crippen molar-refractivity contribution >= 4 is 0 Å². The van der Waals surface area contributed by atoms with Gasteiger partial charge in [0.1, 0.15) is 34.5 Å². The Labute approximate surface area is 175 Å². The summed E-state index contributed by atoms with van der Waals surface area (Å²) in [6.07, 6.45) is 1.86. The number of hydrogen-bond acceptors (Lipinski definition) is 4. The molecule has 0 aliphatic rings. The van der Waals surface area contributed by atoms with Gasteiger partial charge in [0.25, 0.3) is 0 Å². The van der Waals surface area contributed by atoms with E-state index in [0.717, 1.165) is 24.3 Å². The molecule has 4 nitrogen and oxygen atoms in total. The van der Waals surface area contributed by atoms with Crippen LogP contribution in [0.2, 0.25) is 0 Å². The standard InChI is InChI=1S/C26H22O4/c27-21-7-15-25(16-8-21)29-23-11-3-19(4-12-23)1-2-20-5-13-24(14-6-20)30-26-17-9-22(28)10-18-26/h3-18,27-28H,1-2H2. The number of aryl methyl sites for hydroxylation is 2. The number of phenols is 2. The van der Waals surface area contributed by atoms with Crippen molar-refractivity contribution in [1.29, 1.82) is 0 Å². The SMILES string of the molecule is Oc1ccc(Oc2ccc(CCc3ccc(Oc4ccc(O)cc4)cc3)cc2)cc1. The Morgan fingerprint density at radius 3 is 0.967 bits per heavy atom. The Bertz CT molecular complexity index is 977. The maximum Gasteiger partial charge on any atom is 0.127 e. The molecule has 0 spiro atoms. The highest BCUT2D eigenvalue weighted by atomic mass is 16.5. The molecule has 30 heavy (non-hydrogen) atoms. The third kappa shape index (κ3) is 5.32. The Morgan fingerprint density at radius 2 is 0.667 bits per heavy atom. The average Bonchev–Trinajstić information content (AvgIpc) is 2.77. The van der Waals surface area contributed by atoms with E-state index in [1.54, 1.807) is 48.5 Å². The molecule has 2 N–H and O–H groups in total. The maximum absolute atomic E-state index is 9.33. The molecular formula is C26H22O4. The fourth-order valence-corrected chi connectivity index (χ4v) is 3.04. The summed E-state index contributed by atoms with van der Waals surface area (Å²) in [4.78, 5) is 0. The van der Waals surface area contributed by atoms with Crippen molar-refractivity contribution in [2.45, 2.75) is 12.8 Å². The number of phenolic OH excluding ortho intramolecular Hbond substituents is 2. The lowest BCUT2D eigenvalue weighted by Gasteiger charge is -2.08. The van der Waals surface area contributed by atoms with Gasteiger partial charge in [0.2, 0.25) is 0 Å². The van der Waals surface area contributed by atoms with Gasteiger partial charge in [0, 0.05) is 0 Å². The zero-order valence-electron chi connectivity index (χ0n) is 16.4. The van der Waals surface area contributed by atoms with E-state index < -0.39 is 0 Å². The largest absolute Gasteiger partial charge is 0.508 e. The van der Waals surface area contributed by atoms with Crippen molar-refractivity contribution in [2.75, 3.05) is 0 Å². The summed E-state index contributed by atoms with van der Waals surface area (Å²) in [7, 11) is 0. The smallest absolute Gasteiger partial charge is 0.127 e. The number of aromatic hydroxyl groups is 2. The Kier molecular flexibility index (Phi) is 5.85. The van der Waals surface area contributed by atoms with Gasteiger partial charge in [0.05, 0.1) is 0 Å². The van der Waals surface area contributed by atoms with Gasteiger partial charge in [0.15, 0.2) is 0 Å². The van der Waals surface area contributed by atoms with E-state index in [0.29, 0.717) is 11.5 Å². The van der Waals surface area contributed by atoms with Crippen LogP contribution in [0.1, 0.15) is 11.1 Å². The minimum absolute atomic E-state index is 0.220. The van der Waals surface area contributed by atoms with Crippen LogP contribution in [0.25, 0.3) is 0 Å². The van der Waals surface area contributed by atoms with Crippen LogP contribution in [0, 0.1) is 0 Å². The van der Waals surface area contributed by atoms with E-state index in [4.69, 9.17) is 9.47 Å². The second-order valence-corrected chi connectivity index (χ2v) is 6.98. The molecule has 4 aromatic carbocycles. The fourth-order valence-electron chi connectivity index (χ4n) is 3.04. The first-order valence-electron chi connectivity index (χ1n) is 9.76. The van der Waals surface area contributed by atoms with Crippen LogP contribution >= 0.6 is 0 Å². The average molecular weight is 398 g/mol. The highest BCUT2D eigenvalue weighted by Crippen LogP contribution is 2.25. The summed E-state index contributed by atoms with van der Waals surface area (Å²) in [6, 6.07) is 29.4. The first-order chi connectivity index (χ1) is 14.6. The monoisotopic (exact) mass is 398 g/mol. The van der Waals surface area contributed by atoms with E-state index in [-0.39, 0.29) is 11.5 Å². The molecule has 0 amide bonds. The molecule has 0 radical (unpaired) electrons. The van der Waals surface area contributed by atoms with Crippen LogP contribution in [0.15, 0.2) is 97.1 Å². The zero-order valence-corrected chi connectivity index (χ0v) is 16.4. The third-order valence-corrected chi connectivity index (χ3v) is 4.69. The first-order valence-corrected chi connectivity index (χ1v) is 9.76. The molecule has 0 heterocycles. The molecule has 0 saturated carbocycles. The molecule has 0 fully saturated rings. The molecular weight excluding hydrogens is 376 g/mol. The van der Waals surface area contributed by atoms with E-state index in [2.05, 4.69) is 24.3 Å². The predicted octanol–water partition coefficient (Wildman–Crippen LogP) is 6.47.